The molecule has 0 aliphatic heterocycles. The Morgan fingerprint density at radius 1 is 1.54 bits per heavy atom. The number of aromatic nitrogens is 3. The third kappa shape index (κ3) is 4.54. The highest BCUT2D eigenvalue weighted by Crippen LogP contribution is 2.24. The van der Waals surface area contributed by atoms with Gasteiger partial charge in [0.1, 0.15) is 9.88 Å². The molecule has 130 valence electrons. The number of ether oxygens (including phenoxy) is 1. The Kier molecular flexibility index (Phi) is 6.30. The summed E-state index contributed by atoms with van der Waals surface area (Å²) in [5, 5.41) is 14.0. The van der Waals surface area contributed by atoms with Crippen molar-refractivity contribution in [3.05, 3.63) is 33.5 Å². The van der Waals surface area contributed by atoms with Gasteiger partial charge in [0, 0.05) is 13.2 Å². The molecule has 0 aliphatic carbocycles. The first-order chi connectivity index (χ1) is 11.5. The second kappa shape index (κ2) is 8.44. The summed E-state index contributed by atoms with van der Waals surface area (Å²) in [5.74, 6) is 0.315. The van der Waals surface area contributed by atoms with Gasteiger partial charge in [-0.15, -0.1) is 11.3 Å². The van der Waals surface area contributed by atoms with Crippen LogP contribution < -0.4 is 10.6 Å². The van der Waals surface area contributed by atoms with Crippen LogP contribution in [0.2, 0.25) is 0 Å². The molecule has 2 heterocycles. The average Bonchev–Trinajstić information content (AvgIpc) is 3.20. The van der Waals surface area contributed by atoms with Crippen LogP contribution in [0.25, 0.3) is 0 Å². The second-order valence-electron chi connectivity index (χ2n) is 5.06. The van der Waals surface area contributed by atoms with Crippen molar-refractivity contribution in [2.45, 2.75) is 33.4 Å². The number of nitrogens with one attached hydrogen (secondary N) is 3. The molecular weight excluding hydrogens is 328 g/mol. The zero-order valence-corrected chi connectivity index (χ0v) is 15.0. The molecule has 2 aromatic heterocycles. The molecule has 8 nitrogen and oxygen atoms in total. The minimum absolute atomic E-state index is 0.0927. The Bertz CT molecular complexity index is 695. The van der Waals surface area contributed by atoms with Crippen molar-refractivity contribution in [2.24, 2.45) is 4.99 Å². The summed E-state index contributed by atoms with van der Waals surface area (Å²) < 4.78 is 5.05. The lowest BCUT2D eigenvalue weighted by atomic mass is 10.3. The van der Waals surface area contributed by atoms with Crippen molar-refractivity contribution < 1.29 is 9.53 Å². The molecule has 0 amide bonds. The van der Waals surface area contributed by atoms with E-state index in [-0.39, 0.29) is 12.0 Å². The number of thiazole rings is 1. The largest absolute Gasteiger partial charge is 0.462 e. The number of guanidine groups is 1. The SMILES string of the molecule is CCOC(=O)c1sc(C(C)NC(=NC)NCc2ccn[nH]2)nc1C. The summed E-state index contributed by atoms with van der Waals surface area (Å²) in [6, 6.07) is 1.80. The molecule has 0 spiro atoms. The lowest BCUT2D eigenvalue weighted by Crippen LogP contribution is -2.38. The van der Waals surface area contributed by atoms with E-state index in [1.165, 1.54) is 11.3 Å². The molecule has 2 rings (SSSR count). The Balaban J connectivity index is 1.98. The lowest BCUT2D eigenvalue weighted by molar-refractivity contribution is 0.0531. The Morgan fingerprint density at radius 3 is 2.96 bits per heavy atom. The van der Waals surface area contributed by atoms with Crippen molar-refractivity contribution in [3.63, 3.8) is 0 Å². The third-order valence-electron chi connectivity index (χ3n) is 3.23. The van der Waals surface area contributed by atoms with E-state index in [0.29, 0.717) is 29.7 Å². The standard InChI is InChI=1S/C15H22N6O2S/c1-5-23-14(22)12-9(2)19-13(24-12)10(3)20-15(16-4)17-8-11-6-7-18-21-11/h6-7,10H,5,8H2,1-4H3,(H,18,21)(H2,16,17,20). The number of rotatable bonds is 6. The number of aryl methyl sites for hydroxylation is 1. The summed E-state index contributed by atoms with van der Waals surface area (Å²) in [5.41, 5.74) is 1.64. The molecule has 0 fully saturated rings. The van der Waals surface area contributed by atoms with Gasteiger partial charge in [0.25, 0.3) is 0 Å². The lowest BCUT2D eigenvalue weighted by Gasteiger charge is -2.15. The number of nitrogens with zero attached hydrogens (tertiary/aromatic N) is 3. The highest BCUT2D eigenvalue weighted by molar-refractivity contribution is 7.13. The van der Waals surface area contributed by atoms with Gasteiger partial charge in [-0.1, -0.05) is 0 Å². The van der Waals surface area contributed by atoms with Gasteiger partial charge >= 0.3 is 5.97 Å². The maximum Gasteiger partial charge on any atom is 0.350 e. The molecule has 0 saturated heterocycles. The molecule has 0 bridgehead atoms. The highest BCUT2D eigenvalue weighted by atomic mass is 32.1. The Morgan fingerprint density at radius 2 is 2.33 bits per heavy atom. The van der Waals surface area contributed by atoms with E-state index in [9.17, 15) is 4.79 Å². The molecule has 1 atom stereocenters. The van der Waals surface area contributed by atoms with Gasteiger partial charge in [0.05, 0.1) is 30.6 Å². The molecule has 24 heavy (non-hydrogen) atoms. The van der Waals surface area contributed by atoms with Gasteiger partial charge in [-0.3, -0.25) is 10.1 Å². The van der Waals surface area contributed by atoms with Crippen molar-refractivity contribution in [3.8, 4) is 0 Å². The minimum atomic E-state index is -0.326. The Hall–Kier alpha value is -2.42. The summed E-state index contributed by atoms with van der Waals surface area (Å²) in [7, 11) is 1.70. The summed E-state index contributed by atoms with van der Waals surface area (Å²) >= 11 is 1.34. The fourth-order valence-corrected chi connectivity index (χ4v) is 2.98. The van der Waals surface area contributed by atoms with Gasteiger partial charge in [-0.05, 0) is 26.8 Å². The van der Waals surface area contributed by atoms with Crippen LogP contribution in [0.15, 0.2) is 17.3 Å². The van der Waals surface area contributed by atoms with Crippen molar-refractivity contribution in [1.82, 2.24) is 25.8 Å². The third-order valence-corrected chi connectivity index (χ3v) is 4.55. The first kappa shape index (κ1) is 17.9. The molecule has 1 unspecified atom stereocenters. The summed E-state index contributed by atoms with van der Waals surface area (Å²) in [4.78, 5) is 21.1. The van der Waals surface area contributed by atoms with E-state index < -0.39 is 0 Å². The maximum absolute atomic E-state index is 11.9. The van der Waals surface area contributed by atoms with Gasteiger partial charge in [-0.2, -0.15) is 5.10 Å². The van der Waals surface area contributed by atoms with Crippen molar-refractivity contribution in [2.75, 3.05) is 13.7 Å². The number of H-pyrrole nitrogens is 1. The van der Waals surface area contributed by atoms with E-state index >= 15 is 0 Å². The van der Waals surface area contributed by atoms with E-state index in [1.54, 1.807) is 20.2 Å². The first-order valence-corrected chi connectivity index (χ1v) is 8.46. The maximum atomic E-state index is 11.9. The normalized spacial score (nSPS) is 12.8. The monoisotopic (exact) mass is 350 g/mol. The van der Waals surface area contributed by atoms with Crippen LogP contribution in [-0.4, -0.2) is 40.8 Å². The van der Waals surface area contributed by atoms with Gasteiger partial charge in [-0.25, -0.2) is 9.78 Å². The number of esters is 1. The number of hydrogen-bond donors (Lipinski definition) is 3. The summed E-state index contributed by atoms with van der Waals surface area (Å²) in [6.07, 6.45) is 1.70. The smallest absolute Gasteiger partial charge is 0.350 e. The minimum Gasteiger partial charge on any atom is -0.462 e. The molecule has 0 aromatic carbocycles. The first-order valence-electron chi connectivity index (χ1n) is 7.65. The van der Waals surface area contributed by atoms with Crippen molar-refractivity contribution in [1.29, 1.82) is 0 Å². The van der Waals surface area contributed by atoms with Crippen LogP contribution in [-0.2, 0) is 11.3 Å². The van der Waals surface area contributed by atoms with E-state index in [2.05, 4.69) is 30.8 Å². The van der Waals surface area contributed by atoms with E-state index in [0.717, 1.165) is 10.7 Å². The number of aromatic amines is 1. The average molecular weight is 350 g/mol. The second-order valence-corrected chi connectivity index (χ2v) is 6.09. The molecule has 0 radical (unpaired) electrons. The quantitative estimate of drug-likeness (QED) is 0.417. The zero-order valence-electron chi connectivity index (χ0n) is 14.2. The number of carbonyl (C=O) groups is 1. The molecular formula is C15H22N6O2S. The van der Waals surface area contributed by atoms with Gasteiger partial charge in [0.15, 0.2) is 5.96 Å². The zero-order chi connectivity index (χ0) is 17.5. The molecule has 0 saturated carbocycles. The fraction of sp³-hybridized carbons (Fsp3) is 0.467. The fourth-order valence-electron chi connectivity index (χ4n) is 2.01. The van der Waals surface area contributed by atoms with E-state index in [1.807, 2.05) is 19.9 Å². The van der Waals surface area contributed by atoms with Crippen LogP contribution >= 0.6 is 11.3 Å². The van der Waals surface area contributed by atoms with Gasteiger partial charge < -0.3 is 15.4 Å². The summed E-state index contributed by atoms with van der Waals surface area (Å²) in [6.45, 7) is 6.50. The predicted octanol–water partition coefficient (Wildman–Crippen LogP) is 1.78. The highest BCUT2D eigenvalue weighted by Gasteiger charge is 2.20. The van der Waals surface area contributed by atoms with Crippen LogP contribution in [0.1, 0.15) is 46.0 Å². The van der Waals surface area contributed by atoms with Crippen LogP contribution in [0.5, 0.6) is 0 Å². The van der Waals surface area contributed by atoms with E-state index in [4.69, 9.17) is 4.74 Å². The van der Waals surface area contributed by atoms with Crippen LogP contribution in [0, 0.1) is 6.92 Å². The Labute approximate surface area is 144 Å². The van der Waals surface area contributed by atoms with Gasteiger partial charge in [0.2, 0.25) is 0 Å². The topological polar surface area (TPSA) is 104 Å². The molecule has 9 heteroatoms. The molecule has 0 aliphatic rings. The predicted molar refractivity (Wildman–Crippen MR) is 93.1 cm³/mol. The number of carbonyl (C=O) groups excluding carboxylic acids is 1. The molecule has 3 N–H and O–H groups in total. The number of aliphatic imine (C=N–C) groups is 1. The molecule has 2 aromatic rings. The van der Waals surface area contributed by atoms with Crippen molar-refractivity contribution >= 4 is 23.3 Å². The number of hydrogen-bond acceptors (Lipinski definition) is 6. The van der Waals surface area contributed by atoms with Crippen LogP contribution in [0.3, 0.4) is 0 Å². The van der Waals surface area contributed by atoms with Crippen LogP contribution in [0.4, 0.5) is 0 Å².